The molecule has 0 bridgehead atoms. The van der Waals surface area contributed by atoms with Gasteiger partial charge in [-0.05, 0) is 61.9 Å². The third-order valence-corrected chi connectivity index (χ3v) is 7.19. The summed E-state index contributed by atoms with van der Waals surface area (Å²) in [6.45, 7) is 3.52. The molecule has 3 rings (SSSR count). The van der Waals surface area contributed by atoms with E-state index in [4.69, 9.17) is 0 Å². The molecule has 1 heterocycles. The van der Waals surface area contributed by atoms with Crippen LogP contribution in [0.5, 0.6) is 0 Å². The normalized spacial score (nSPS) is 16.7. The highest BCUT2D eigenvalue weighted by molar-refractivity contribution is 7.98. The van der Waals surface area contributed by atoms with E-state index in [1.165, 1.54) is 10.5 Å². The molecule has 0 radical (unpaired) electrons. The largest absolute Gasteiger partial charge is 0.299 e. The van der Waals surface area contributed by atoms with Crippen molar-refractivity contribution in [3.05, 3.63) is 60.2 Å². The summed E-state index contributed by atoms with van der Waals surface area (Å²) in [5.41, 5.74) is 1.38. The van der Waals surface area contributed by atoms with Gasteiger partial charge in [-0.15, -0.1) is 11.8 Å². The third kappa shape index (κ3) is 5.10. The van der Waals surface area contributed by atoms with Crippen LogP contribution in [0, 0.1) is 5.92 Å². The zero-order valence-electron chi connectivity index (χ0n) is 15.1. The number of hydrogen-bond donors (Lipinski definition) is 1. The first-order valence-electron chi connectivity index (χ1n) is 8.97. The Hall–Kier alpha value is -1.34. The molecule has 0 unspecified atom stereocenters. The van der Waals surface area contributed by atoms with Crippen molar-refractivity contribution in [1.29, 1.82) is 0 Å². The predicted octanol–water partition coefficient (Wildman–Crippen LogP) is 3.60. The average Bonchev–Trinajstić information content (AvgIpc) is 2.69. The van der Waals surface area contributed by atoms with E-state index >= 15 is 0 Å². The Morgan fingerprint density at radius 1 is 1.04 bits per heavy atom. The van der Waals surface area contributed by atoms with Gasteiger partial charge in [-0.1, -0.05) is 36.4 Å². The fraction of sp³-hybridized carbons (Fsp3) is 0.400. The molecule has 1 fully saturated rings. The minimum absolute atomic E-state index is 0.339. The maximum atomic E-state index is 12.3. The number of likely N-dealkylation sites (tertiary alicyclic amines) is 1. The quantitative estimate of drug-likeness (QED) is 0.734. The molecule has 0 spiro atoms. The lowest BCUT2D eigenvalue weighted by molar-refractivity contribution is 0.177. The van der Waals surface area contributed by atoms with Crippen LogP contribution in [0.25, 0.3) is 0 Å². The topological polar surface area (TPSA) is 49.4 Å². The lowest BCUT2D eigenvalue weighted by atomic mass is 9.97. The molecule has 0 aromatic heterocycles. The van der Waals surface area contributed by atoms with E-state index in [9.17, 15) is 8.42 Å². The number of hydrogen-bond acceptors (Lipinski definition) is 4. The van der Waals surface area contributed by atoms with E-state index in [2.05, 4.69) is 40.1 Å². The molecule has 140 valence electrons. The molecule has 6 heteroatoms. The number of nitrogens with zero attached hydrogens (tertiary/aromatic N) is 1. The molecule has 2 aromatic carbocycles. The van der Waals surface area contributed by atoms with Crippen molar-refractivity contribution in [2.75, 3.05) is 25.9 Å². The Bertz CT molecular complexity index is 802. The molecule has 0 amide bonds. The number of piperidine rings is 1. The van der Waals surface area contributed by atoms with Crippen LogP contribution in [0.4, 0.5) is 0 Å². The van der Waals surface area contributed by atoms with E-state index in [1.54, 1.807) is 36.0 Å². The van der Waals surface area contributed by atoms with Gasteiger partial charge in [0.25, 0.3) is 0 Å². The van der Waals surface area contributed by atoms with Gasteiger partial charge in [-0.25, -0.2) is 13.1 Å². The number of rotatable bonds is 7. The Morgan fingerprint density at radius 2 is 1.69 bits per heavy atom. The highest BCUT2D eigenvalue weighted by atomic mass is 32.2. The Kier molecular flexibility index (Phi) is 6.75. The Morgan fingerprint density at radius 3 is 2.38 bits per heavy atom. The standard InChI is InChI=1S/C20H26N2O2S2/c1-25-20-10-6-5-7-18(20)16-22-13-11-17(12-14-22)15-21-26(23,24)19-8-3-2-4-9-19/h2-10,17,21H,11-16H2,1H3. The van der Waals surface area contributed by atoms with Crippen molar-refractivity contribution in [3.8, 4) is 0 Å². The zero-order valence-corrected chi connectivity index (χ0v) is 16.7. The van der Waals surface area contributed by atoms with Crippen molar-refractivity contribution in [3.63, 3.8) is 0 Å². The van der Waals surface area contributed by atoms with Gasteiger partial charge in [-0.2, -0.15) is 0 Å². The maximum Gasteiger partial charge on any atom is 0.240 e. The fourth-order valence-electron chi connectivity index (χ4n) is 3.33. The Balaban J connectivity index is 1.48. The first-order chi connectivity index (χ1) is 12.6. The number of nitrogens with one attached hydrogen (secondary N) is 1. The van der Waals surface area contributed by atoms with Gasteiger partial charge < -0.3 is 0 Å². The van der Waals surface area contributed by atoms with Gasteiger partial charge in [0, 0.05) is 18.0 Å². The summed E-state index contributed by atoms with van der Waals surface area (Å²) < 4.78 is 27.4. The van der Waals surface area contributed by atoms with Crippen molar-refractivity contribution in [2.24, 2.45) is 5.92 Å². The van der Waals surface area contributed by atoms with Crippen LogP contribution < -0.4 is 4.72 Å². The first kappa shape index (κ1) is 19.4. The van der Waals surface area contributed by atoms with E-state index in [-0.39, 0.29) is 0 Å². The molecule has 26 heavy (non-hydrogen) atoms. The van der Waals surface area contributed by atoms with Gasteiger partial charge in [0.15, 0.2) is 0 Å². The van der Waals surface area contributed by atoms with Crippen molar-refractivity contribution in [1.82, 2.24) is 9.62 Å². The molecule has 1 aliphatic heterocycles. The molecular weight excluding hydrogens is 364 g/mol. The second-order valence-electron chi connectivity index (χ2n) is 6.70. The lowest BCUT2D eigenvalue weighted by Crippen LogP contribution is -2.38. The molecule has 1 N–H and O–H groups in total. The molecule has 1 aliphatic rings. The average molecular weight is 391 g/mol. The van der Waals surface area contributed by atoms with E-state index < -0.39 is 10.0 Å². The van der Waals surface area contributed by atoms with Crippen LogP contribution in [0.3, 0.4) is 0 Å². The summed E-state index contributed by atoms with van der Waals surface area (Å²) in [6.07, 6.45) is 4.17. The smallest absolute Gasteiger partial charge is 0.240 e. The highest BCUT2D eigenvalue weighted by Gasteiger charge is 2.22. The summed E-state index contributed by atoms with van der Waals surface area (Å²) in [4.78, 5) is 4.15. The summed E-state index contributed by atoms with van der Waals surface area (Å²) in [5, 5.41) is 0. The second kappa shape index (κ2) is 9.04. The minimum atomic E-state index is -3.40. The molecule has 2 aromatic rings. The lowest BCUT2D eigenvalue weighted by Gasteiger charge is -2.32. The summed E-state index contributed by atoms with van der Waals surface area (Å²) in [6, 6.07) is 17.1. The summed E-state index contributed by atoms with van der Waals surface area (Å²) in [5.74, 6) is 0.403. The van der Waals surface area contributed by atoms with Crippen molar-refractivity contribution < 1.29 is 8.42 Å². The molecule has 1 saturated heterocycles. The van der Waals surface area contributed by atoms with Crippen molar-refractivity contribution in [2.45, 2.75) is 29.2 Å². The predicted molar refractivity (Wildman–Crippen MR) is 108 cm³/mol. The molecule has 0 saturated carbocycles. The van der Waals surface area contributed by atoms with Gasteiger partial charge in [0.2, 0.25) is 10.0 Å². The van der Waals surface area contributed by atoms with E-state index in [0.717, 1.165) is 32.5 Å². The van der Waals surface area contributed by atoms with Gasteiger partial charge in [0.05, 0.1) is 4.90 Å². The second-order valence-corrected chi connectivity index (χ2v) is 9.31. The first-order valence-corrected chi connectivity index (χ1v) is 11.7. The number of thioether (sulfide) groups is 1. The Labute approximate surface area is 161 Å². The SMILES string of the molecule is CSc1ccccc1CN1CCC(CNS(=O)(=O)c2ccccc2)CC1. The molecule has 4 nitrogen and oxygen atoms in total. The van der Waals surface area contributed by atoms with Crippen LogP contribution in [0.2, 0.25) is 0 Å². The molecule has 0 aliphatic carbocycles. The van der Waals surface area contributed by atoms with Crippen LogP contribution in [0.1, 0.15) is 18.4 Å². The minimum Gasteiger partial charge on any atom is -0.299 e. The third-order valence-electron chi connectivity index (χ3n) is 4.91. The zero-order chi connectivity index (χ0) is 18.4. The van der Waals surface area contributed by atoms with E-state index in [0.29, 0.717) is 17.4 Å². The van der Waals surface area contributed by atoms with Crippen LogP contribution in [-0.2, 0) is 16.6 Å². The van der Waals surface area contributed by atoms with Gasteiger partial charge >= 0.3 is 0 Å². The summed E-state index contributed by atoms with van der Waals surface area (Å²) >= 11 is 1.79. The number of benzene rings is 2. The van der Waals surface area contributed by atoms with E-state index in [1.807, 2.05) is 6.07 Å². The maximum absolute atomic E-state index is 12.3. The van der Waals surface area contributed by atoms with Crippen LogP contribution in [-0.4, -0.2) is 39.2 Å². The van der Waals surface area contributed by atoms with Gasteiger partial charge in [0.1, 0.15) is 0 Å². The summed E-state index contributed by atoms with van der Waals surface area (Å²) in [7, 11) is -3.40. The fourth-order valence-corrected chi connectivity index (χ4v) is 5.08. The monoisotopic (exact) mass is 390 g/mol. The van der Waals surface area contributed by atoms with Crippen LogP contribution in [0.15, 0.2) is 64.4 Å². The molecular formula is C20H26N2O2S2. The molecule has 0 atom stereocenters. The highest BCUT2D eigenvalue weighted by Crippen LogP contribution is 2.24. The number of sulfonamides is 1. The van der Waals surface area contributed by atoms with Gasteiger partial charge in [-0.3, -0.25) is 4.90 Å². The van der Waals surface area contributed by atoms with Crippen LogP contribution >= 0.6 is 11.8 Å². The van der Waals surface area contributed by atoms with Crippen molar-refractivity contribution >= 4 is 21.8 Å².